The predicted octanol–water partition coefficient (Wildman–Crippen LogP) is 0.918. The molecule has 1 aromatic carbocycles. The zero-order valence-electron chi connectivity index (χ0n) is 12.2. The fourth-order valence-corrected chi connectivity index (χ4v) is 3.75. The van der Waals surface area contributed by atoms with E-state index in [9.17, 15) is 13.5 Å². The van der Waals surface area contributed by atoms with Crippen molar-refractivity contribution < 1.29 is 13.5 Å². The molecule has 0 bridgehead atoms. The highest BCUT2D eigenvalue weighted by atomic mass is 32.2. The SMILES string of the molecule is CNS(=O)(=O)c1cc(N)ccc1N1CCCCCC1CO. The molecule has 0 spiro atoms. The molecule has 21 heavy (non-hydrogen) atoms. The third-order valence-corrected chi connectivity index (χ3v) is 5.38. The first-order chi connectivity index (χ1) is 9.99. The first-order valence-corrected chi connectivity index (χ1v) is 8.68. The van der Waals surface area contributed by atoms with Crippen molar-refractivity contribution in [3.05, 3.63) is 18.2 Å². The van der Waals surface area contributed by atoms with Crippen LogP contribution in [0.5, 0.6) is 0 Å². The molecule has 4 N–H and O–H groups in total. The first kappa shape index (κ1) is 16.1. The van der Waals surface area contributed by atoms with Gasteiger partial charge in [-0.15, -0.1) is 0 Å². The highest BCUT2D eigenvalue weighted by Crippen LogP contribution is 2.31. The van der Waals surface area contributed by atoms with Gasteiger partial charge in [-0.05, 0) is 38.1 Å². The van der Waals surface area contributed by atoms with Crippen LogP contribution in [0.25, 0.3) is 0 Å². The lowest BCUT2D eigenvalue weighted by molar-refractivity contribution is 0.254. The van der Waals surface area contributed by atoms with E-state index in [1.165, 1.54) is 13.1 Å². The van der Waals surface area contributed by atoms with E-state index in [0.29, 0.717) is 11.4 Å². The summed E-state index contributed by atoms with van der Waals surface area (Å²) in [5.41, 5.74) is 6.76. The molecular weight excluding hydrogens is 290 g/mol. The highest BCUT2D eigenvalue weighted by molar-refractivity contribution is 7.89. The van der Waals surface area contributed by atoms with Crippen molar-refractivity contribution in [1.29, 1.82) is 0 Å². The molecule has 0 aliphatic carbocycles. The van der Waals surface area contributed by atoms with Gasteiger partial charge in [0.1, 0.15) is 4.90 Å². The van der Waals surface area contributed by atoms with Crippen molar-refractivity contribution in [2.75, 3.05) is 30.8 Å². The van der Waals surface area contributed by atoms with Gasteiger partial charge in [0, 0.05) is 12.2 Å². The number of nitrogens with two attached hydrogens (primary N) is 1. The molecule has 1 aliphatic heterocycles. The van der Waals surface area contributed by atoms with Crippen LogP contribution >= 0.6 is 0 Å². The van der Waals surface area contributed by atoms with Gasteiger partial charge in [-0.2, -0.15) is 0 Å². The minimum Gasteiger partial charge on any atom is -0.399 e. The van der Waals surface area contributed by atoms with Gasteiger partial charge in [-0.25, -0.2) is 13.1 Å². The average Bonchev–Trinajstić information content (AvgIpc) is 2.72. The number of anilines is 2. The molecule has 118 valence electrons. The zero-order chi connectivity index (χ0) is 15.5. The van der Waals surface area contributed by atoms with Crippen molar-refractivity contribution in [2.45, 2.75) is 36.6 Å². The largest absolute Gasteiger partial charge is 0.399 e. The summed E-state index contributed by atoms with van der Waals surface area (Å²) in [6, 6.07) is 4.85. The summed E-state index contributed by atoms with van der Waals surface area (Å²) in [5, 5.41) is 9.62. The standard InChI is InChI=1S/C14H23N3O3S/c1-16-21(19,20)14-9-11(15)6-7-13(14)17-8-4-2-3-5-12(17)10-18/h6-7,9,12,16,18H,2-5,8,10,15H2,1H3. The Kier molecular flexibility index (Phi) is 5.08. The van der Waals surface area contributed by atoms with Crippen molar-refractivity contribution in [2.24, 2.45) is 0 Å². The second-order valence-electron chi connectivity index (χ2n) is 5.31. The zero-order valence-corrected chi connectivity index (χ0v) is 13.1. The van der Waals surface area contributed by atoms with E-state index in [0.717, 1.165) is 32.2 Å². The molecule has 7 heteroatoms. The van der Waals surface area contributed by atoms with E-state index in [4.69, 9.17) is 5.73 Å². The maximum Gasteiger partial charge on any atom is 0.242 e. The van der Waals surface area contributed by atoms with Crippen LogP contribution in [0.2, 0.25) is 0 Å². The molecule has 1 atom stereocenters. The van der Waals surface area contributed by atoms with Crippen LogP contribution in [-0.4, -0.2) is 39.8 Å². The number of aliphatic hydroxyl groups excluding tert-OH is 1. The summed E-state index contributed by atoms with van der Waals surface area (Å²) in [7, 11) is -2.21. The molecule has 1 aliphatic rings. The van der Waals surface area contributed by atoms with E-state index in [1.54, 1.807) is 12.1 Å². The Morgan fingerprint density at radius 1 is 1.38 bits per heavy atom. The number of benzene rings is 1. The Labute approximate surface area is 126 Å². The van der Waals surface area contributed by atoms with Gasteiger partial charge in [0.25, 0.3) is 0 Å². The van der Waals surface area contributed by atoms with Crippen molar-refractivity contribution in [3.63, 3.8) is 0 Å². The molecule has 1 fully saturated rings. The monoisotopic (exact) mass is 313 g/mol. The molecule has 1 aromatic rings. The maximum atomic E-state index is 12.2. The Morgan fingerprint density at radius 3 is 2.81 bits per heavy atom. The molecule has 1 unspecified atom stereocenters. The van der Waals surface area contributed by atoms with Gasteiger partial charge in [0.15, 0.2) is 0 Å². The van der Waals surface area contributed by atoms with Gasteiger partial charge in [-0.3, -0.25) is 0 Å². The lowest BCUT2D eigenvalue weighted by Gasteiger charge is -2.32. The molecule has 2 rings (SSSR count). The summed E-state index contributed by atoms with van der Waals surface area (Å²) >= 11 is 0. The predicted molar refractivity (Wildman–Crippen MR) is 83.8 cm³/mol. The lowest BCUT2D eigenvalue weighted by Crippen LogP contribution is -2.39. The fourth-order valence-electron chi connectivity index (χ4n) is 2.78. The highest BCUT2D eigenvalue weighted by Gasteiger charge is 2.26. The van der Waals surface area contributed by atoms with E-state index in [-0.39, 0.29) is 17.5 Å². The molecule has 1 heterocycles. The second-order valence-corrected chi connectivity index (χ2v) is 7.17. The number of rotatable bonds is 4. The number of hydrogen-bond acceptors (Lipinski definition) is 5. The minimum atomic E-state index is -3.60. The maximum absolute atomic E-state index is 12.2. The average molecular weight is 313 g/mol. The molecule has 0 radical (unpaired) electrons. The summed E-state index contributed by atoms with van der Waals surface area (Å²) in [6.45, 7) is 0.755. The van der Waals surface area contributed by atoms with Gasteiger partial charge in [0.05, 0.1) is 18.3 Å². The number of hydrogen-bond donors (Lipinski definition) is 3. The second kappa shape index (κ2) is 6.64. The van der Waals surface area contributed by atoms with Crippen LogP contribution in [0.3, 0.4) is 0 Å². The summed E-state index contributed by atoms with van der Waals surface area (Å²) < 4.78 is 26.8. The Bertz CT molecular complexity index is 589. The quantitative estimate of drug-likeness (QED) is 0.718. The number of nitrogens with one attached hydrogen (secondary N) is 1. The van der Waals surface area contributed by atoms with E-state index < -0.39 is 10.0 Å². The van der Waals surface area contributed by atoms with E-state index in [2.05, 4.69) is 4.72 Å². The minimum absolute atomic E-state index is 0.0173. The van der Waals surface area contributed by atoms with Crippen LogP contribution in [0.1, 0.15) is 25.7 Å². The summed E-state index contributed by atoms with van der Waals surface area (Å²) in [4.78, 5) is 2.17. The van der Waals surface area contributed by atoms with Crippen LogP contribution in [0.4, 0.5) is 11.4 Å². The molecule has 0 saturated carbocycles. The molecule has 0 aromatic heterocycles. The summed E-state index contributed by atoms with van der Waals surface area (Å²) in [5.74, 6) is 0. The molecular formula is C14H23N3O3S. The van der Waals surface area contributed by atoms with Gasteiger partial charge < -0.3 is 15.7 Å². The topological polar surface area (TPSA) is 95.7 Å². The number of aliphatic hydroxyl groups is 1. The number of nitrogen functional groups attached to an aromatic ring is 1. The lowest BCUT2D eigenvalue weighted by atomic mass is 10.1. The Balaban J connectivity index is 2.51. The fraction of sp³-hybridized carbons (Fsp3) is 0.571. The molecule has 6 nitrogen and oxygen atoms in total. The van der Waals surface area contributed by atoms with Crippen LogP contribution in [0.15, 0.2) is 23.1 Å². The van der Waals surface area contributed by atoms with Crippen LogP contribution in [0, 0.1) is 0 Å². The Hall–Kier alpha value is -1.31. The van der Waals surface area contributed by atoms with E-state index >= 15 is 0 Å². The third-order valence-electron chi connectivity index (χ3n) is 3.94. The van der Waals surface area contributed by atoms with Gasteiger partial charge >= 0.3 is 0 Å². The van der Waals surface area contributed by atoms with Crippen molar-refractivity contribution in [1.82, 2.24) is 4.72 Å². The van der Waals surface area contributed by atoms with E-state index in [1.807, 2.05) is 4.90 Å². The van der Waals surface area contributed by atoms with Crippen molar-refractivity contribution in [3.8, 4) is 0 Å². The molecule has 1 saturated heterocycles. The first-order valence-electron chi connectivity index (χ1n) is 7.20. The van der Waals surface area contributed by atoms with Crippen LogP contribution in [-0.2, 0) is 10.0 Å². The third kappa shape index (κ3) is 3.48. The smallest absolute Gasteiger partial charge is 0.242 e. The van der Waals surface area contributed by atoms with Crippen LogP contribution < -0.4 is 15.4 Å². The Morgan fingerprint density at radius 2 is 2.14 bits per heavy atom. The van der Waals surface area contributed by atoms with Crippen molar-refractivity contribution >= 4 is 21.4 Å². The summed E-state index contributed by atoms with van der Waals surface area (Å²) in [6.07, 6.45) is 3.99. The number of sulfonamides is 1. The van der Waals surface area contributed by atoms with Gasteiger partial charge in [0.2, 0.25) is 10.0 Å². The normalized spacial score (nSPS) is 20.3. The van der Waals surface area contributed by atoms with Gasteiger partial charge in [-0.1, -0.05) is 12.8 Å². The molecule has 0 amide bonds. The number of nitrogens with zero attached hydrogens (tertiary/aromatic N) is 1.